The Balaban J connectivity index is 1.44. The zero-order chi connectivity index (χ0) is 19.6. The fourth-order valence-electron chi connectivity index (χ4n) is 5.87. The average molecular weight is 387 g/mol. The molecule has 2 heterocycles. The number of nitrogens with one attached hydrogen (secondary N) is 1. The number of aromatic nitrogens is 2. The van der Waals surface area contributed by atoms with Crippen molar-refractivity contribution in [1.82, 2.24) is 20.0 Å². The fourth-order valence-corrected chi connectivity index (χ4v) is 5.87. The third-order valence-electron chi connectivity index (χ3n) is 7.42. The highest BCUT2D eigenvalue weighted by atomic mass is 16.2. The number of hydrogen-bond acceptors (Lipinski definition) is 3. The van der Waals surface area contributed by atoms with Gasteiger partial charge in [-0.05, 0) is 51.0 Å². The molecule has 2 atom stereocenters. The summed E-state index contributed by atoms with van der Waals surface area (Å²) in [7, 11) is 0. The smallest absolute Gasteiger partial charge is 0.269 e. The minimum atomic E-state index is -0.0462. The summed E-state index contributed by atoms with van der Waals surface area (Å²) in [6.07, 6.45) is 13.1. The molecule has 2 saturated carbocycles. The van der Waals surface area contributed by atoms with Crippen molar-refractivity contribution in [3.8, 4) is 0 Å². The Morgan fingerprint density at radius 2 is 2.04 bits per heavy atom. The van der Waals surface area contributed by atoms with Crippen LogP contribution in [0.1, 0.15) is 81.6 Å². The molecular weight excluding hydrogens is 352 g/mol. The maximum Gasteiger partial charge on any atom is 0.269 e. The number of carbonyl (C=O) groups is 2. The first kappa shape index (κ1) is 19.5. The van der Waals surface area contributed by atoms with E-state index in [1.165, 1.54) is 32.1 Å². The van der Waals surface area contributed by atoms with E-state index in [0.29, 0.717) is 43.1 Å². The van der Waals surface area contributed by atoms with Crippen molar-refractivity contribution in [1.29, 1.82) is 0 Å². The lowest BCUT2D eigenvalue weighted by Crippen LogP contribution is -2.57. The van der Waals surface area contributed by atoms with Crippen molar-refractivity contribution >= 4 is 11.8 Å². The lowest BCUT2D eigenvalue weighted by Gasteiger charge is -2.47. The third-order valence-corrected chi connectivity index (χ3v) is 7.42. The zero-order valence-electron chi connectivity index (χ0n) is 17.2. The molecule has 1 aromatic rings. The van der Waals surface area contributed by atoms with E-state index in [-0.39, 0.29) is 11.3 Å². The van der Waals surface area contributed by atoms with E-state index in [0.717, 1.165) is 32.2 Å². The topological polar surface area (TPSA) is 67.2 Å². The SMILES string of the molecule is CCn1nccc1C(=O)NC[C@@]12CCC[C@H]1N(CC1CCCCC1)C(=O)CC2. The number of piperidine rings is 1. The molecule has 0 unspecified atom stereocenters. The Bertz CT molecular complexity index is 709. The molecule has 2 aliphatic carbocycles. The highest BCUT2D eigenvalue weighted by Gasteiger charge is 2.50. The summed E-state index contributed by atoms with van der Waals surface area (Å²) in [5.41, 5.74) is 0.675. The Morgan fingerprint density at radius 1 is 1.21 bits per heavy atom. The van der Waals surface area contributed by atoms with Gasteiger partial charge in [-0.1, -0.05) is 25.7 Å². The lowest BCUT2D eigenvalue weighted by molar-refractivity contribution is -0.142. The fraction of sp³-hybridized carbons (Fsp3) is 0.773. The molecular formula is C22H34N4O2. The number of hydrogen-bond donors (Lipinski definition) is 1. The van der Waals surface area contributed by atoms with Crippen LogP contribution in [0, 0.1) is 11.3 Å². The molecule has 1 aromatic heterocycles. The molecule has 28 heavy (non-hydrogen) atoms. The van der Waals surface area contributed by atoms with Gasteiger partial charge in [0.25, 0.3) is 5.91 Å². The molecule has 1 N–H and O–H groups in total. The van der Waals surface area contributed by atoms with Gasteiger partial charge in [-0.15, -0.1) is 0 Å². The van der Waals surface area contributed by atoms with Crippen molar-refractivity contribution in [3.63, 3.8) is 0 Å². The predicted molar refractivity (Wildman–Crippen MR) is 108 cm³/mol. The van der Waals surface area contributed by atoms with Crippen LogP contribution in [0.4, 0.5) is 0 Å². The molecule has 3 fully saturated rings. The standard InChI is InChI=1S/C22H34N4O2/c1-2-26-18(11-14-24-26)21(28)23-16-22-12-6-9-19(22)25(20(27)10-13-22)15-17-7-4-3-5-8-17/h11,14,17,19H,2-10,12-13,15-16H2,1H3,(H,23,28)/t19-,22+/m1/s1. The molecule has 4 rings (SSSR count). The summed E-state index contributed by atoms with van der Waals surface area (Å²) in [5, 5.41) is 7.40. The first-order valence-corrected chi connectivity index (χ1v) is 11.2. The van der Waals surface area contributed by atoms with Crippen LogP contribution in [-0.4, -0.2) is 45.6 Å². The van der Waals surface area contributed by atoms with Gasteiger partial charge in [-0.25, -0.2) is 0 Å². The first-order chi connectivity index (χ1) is 13.6. The van der Waals surface area contributed by atoms with Crippen LogP contribution >= 0.6 is 0 Å². The van der Waals surface area contributed by atoms with Crippen LogP contribution in [0.3, 0.4) is 0 Å². The van der Waals surface area contributed by atoms with Gasteiger partial charge < -0.3 is 10.2 Å². The van der Waals surface area contributed by atoms with Gasteiger partial charge in [0.1, 0.15) is 5.69 Å². The largest absolute Gasteiger partial charge is 0.350 e. The van der Waals surface area contributed by atoms with Gasteiger partial charge in [-0.3, -0.25) is 14.3 Å². The van der Waals surface area contributed by atoms with E-state index in [1.54, 1.807) is 16.9 Å². The third kappa shape index (κ3) is 3.70. The van der Waals surface area contributed by atoms with Crippen LogP contribution < -0.4 is 5.32 Å². The van der Waals surface area contributed by atoms with Crippen LogP contribution in [0.2, 0.25) is 0 Å². The summed E-state index contributed by atoms with van der Waals surface area (Å²) in [6.45, 7) is 4.28. The van der Waals surface area contributed by atoms with E-state index in [2.05, 4.69) is 15.3 Å². The van der Waals surface area contributed by atoms with Crippen LogP contribution in [0.25, 0.3) is 0 Å². The van der Waals surface area contributed by atoms with Crippen molar-refractivity contribution < 1.29 is 9.59 Å². The monoisotopic (exact) mass is 386 g/mol. The minimum absolute atomic E-state index is 0.0462. The van der Waals surface area contributed by atoms with Gasteiger partial charge in [0, 0.05) is 43.7 Å². The molecule has 3 aliphatic rings. The Morgan fingerprint density at radius 3 is 2.82 bits per heavy atom. The van der Waals surface area contributed by atoms with Crippen LogP contribution in [-0.2, 0) is 11.3 Å². The zero-order valence-corrected chi connectivity index (χ0v) is 17.2. The normalized spacial score (nSPS) is 28.4. The maximum atomic E-state index is 12.8. The summed E-state index contributed by atoms with van der Waals surface area (Å²) < 4.78 is 1.74. The number of fused-ring (bicyclic) bond motifs is 1. The summed E-state index contributed by atoms with van der Waals surface area (Å²) in [4.78, 5) is 27.7. The number of carbonyl (C=O) groups excluding carboxylic acids is 2. The van der Waals surface area contributed by atoms with Crippen LogP contribution in [0.5, 0.6) is 0 Å². The van der Waals surface area contributed by atoms with Crippen LogP contribution in [0.15, 0.2) is 12.3 Å². The van der Waals surface area contributed by atoms with Crippen molar-refractivity contribution in [2.24, 2.45) is 11.3 Å². The maximum absolute atomic E-state index is 12.8. The number of rotatable bonds is 6. The predicted octanol–water partition coefficient (Wildman–Crippen LogP) is 3.37. The van der Waals surface area contributed by atoms with E-state index in [9.17, 15) is 9.59 Å². The summed E-state index contributed by atoms with van der Waals surface area (Å²) in [5.74, 6) is 0.959. The van der Waals surface area contributed by atoms with Crippen molar-refractivity contribution in [3.05, 3.63) is 18.0 Å². The Kier molecular flexibility index (Phi) is 5.74. The quantitative estimate of drug-likeness (QED) is 0.815. The Labute approximate surface area is 168 Å². The molecule has 6 heteroatoms. The highest BCUT2D eigenvalue weighted by Crippen LogP contribution is 2.48. The highest BCUT2D eigenvalue weighted by molar-refractivity contribution is 5.92. The number of amides is 2. The Hall–Kier alpha value is -1.85. The van der Waals surface area contributed by atoms with Gasteiger partial charge >= 0.3 is 0 Å². The molecule has 0 radical (unpaired) electrons. The molecule has 2 amide bonds. The number of likely N-dealkylation sites (tertiary alicyclic amines) is 1. The van der Waals surface area contributed by atoms with Gasteiger partial charge in [0.05, 0.1) is 0 Å². The summed E-state index contributed by atoms with van der Waals surface area (Å²) in [6, 6.07) is 2.08. The van der Waals surface area contributed by atoms with Gasteiger partial charge in [0.2, 0.25) is 5.91 Å². The lowest BCUT2D eigenvalue weighted by atomic mass is 9.74. The number of nitrogens with zero attached hydrogens (tertiary/aromatic N) is 3. The number of aryl methyl sites for hydroxylation is 1. The second-order valence-corrected chi connectivity index (χ2v) is 9.04. The first-order valence-electron chi connectivity index (χ1n) is 11.2. The van der Waals surface area contributed by atoms with E-state index >= 15 is 0 Å². The summed E-state index contributed by atoms with van der Waals surface area (Å²) >= 11 is 0. The van der Waals surface area contributed by atoms with E-state index in [4.69, 9.17) is 0 Å². The van der Waals surface area contributed by atoms with E-state index in [1.807, 2.05) is 6.92 Å². The molecule has 0 spiro atoms. The van der Waals surface area contributed by atoms with Gasteiger partial charge in [0.15, 0.2) is 0 Å². The van der Waals surface area contributed by atoms with Gasteiger partial charge in [-0.2, -0.15) is 5.10 Å². The van der Waals surface area contributed by atoms with Crippen molar-refractivity contribution in [2.45, 2.75) is 83.7 Å². The molecule has 0 aromatic carbocycles. The molecule has 6 nitrogen and oxygen atoms in total. The average Bonchev–Trinajstić information content (AvgIpc) is 3.36. The minimum Gasteiger partial charge on any atom is -0.350 e. The molecule has 0 bridgehead atoms. The van der Waals surface area contributed by atoms with Crippen molar-refractivity contribution in [2.75, 3.05) is 13.1 Å². The van der Waals surface area contributed by atoms with E-state index < -0.39 is 0 Å². The molecule has 154 valence electrons. The molecule has 1 saturated heterocycles. The second kappa shape index (κ2) is 8.26. The molecule has 1 aliphatic heterocycles. The second-order valence-electron chi connectivity index (χ2n) is 9.04.